The van der Waals surface area contributed by atoms with Crippen molar-refractivity contribution in [3.05, 3.63) is 83.2 Å². The van der Waals surface area contributed by atoms with E-state index in [1.54, 1.807) is 0 Å². The van der Waals surface area contributed by atoms with Gasteiger partial charge in [0.05, 0.1) is 11.4 Å². The molecule has 144 valence electrons. The molecule has 0 atom stereocenters. The zero-order valence-corrected chi connectivity index (χ0v) is 17.8. The summed E-state index contributed by atoms with van der Waals surface area (Å²) in [6, 6.07) is 16.8. The van der Waals surface area contributed by atoms with Gasteiger partial charge in [-0.05, 0) is 50.6 Å². The van der Waals surface area contributed by atoms with Crippen LogP contribution in [0.1, 0.15) is 22.3 Å². The molecular weight excluding hydrogens is 376 g/mol. The van der Waals surface area contributed by atoms with E-state index in [9.17, 15) is 0 Å². The van der Waals surface area contributed by atoms with E-state index in [1.165, 1.54) is 22.9 Å². The predicted molar refractivity (Wildman–Crippen MR) is 118 cm³/mol. The monoisotopic (exact) mass is 398 g/mol. The lowest BCUT2D eigenvalue weighted by Crippen LogP contribution is -1.97. The third-order valence-corrected chi connectivity index (χ3v) is 5.49. The van der Waals surface area contributed by atoms with E-state index in [-0.39, 0.29) is 0 Å². The Labute approximate surface area is 175 Å². The molecule has 0 spiro atoms. The normalized spacial score (nSPS) is 10.9. The Hall–Kier alpha value is -3.05. The fourth-order valence-electron chi connectivity index (χ4n) is 3.04. The Morgan fingerprint density at radius 1 is 0.552 bits per heavy atom. The van der Waals surface area contributed by atoms with Gasteiger partial charge in [0.25, 0.3) is 0 Å². The van der Waals surface area contributed by atoms with Gasteiger partial charge in [-0.25, -0.2) is 19.9 Å². The standard InChI is InChI=1S/C24H22N4S/c1-15-5-9-19(10-6-15)21-17(3)13-25-23(27-21)29-24-26-14-18(4)22(28-24)20-11-7-16(2)8-12-20/h5-14H,1-4H3. The van der Waals surface area contributed by atoms with Crippen molar-refractivity contribution < 1.29 is 0 Å². The van der Waals surface area contributed by atoms with Crippen molar-refractivity contribution in [3.63, 3.8) is 0 Å². The van der Waals surface area contributed by atoms with Crippen molar-refractivity contribution in [3.8, 4) is 22.5 Å². The first-order chi connectivity index (χ1) is 14.0. The number of nitrogens with zero attached hydrogens (tertiary/aromatic N) is 4. The highest BCUT2D eigenvalue weighted by atomic mass is 32.2. The first-order valence-corrected chi connectivity index (χ1v) is 10.3. The minimum Gasteiger partial charge on any atom is -0.230 e. The maximum absolute atomic E-state index is 4.78. The van der Waals surface area contributed by atoms with E-state index < -0.39 is 0 Å². The van der Waals surface area contributed by atoms with E-state index in [0.29, 0.717) is 10.3 Å². The molecule has 2 aromatic carbocycles. The van der Waals surface area contributed by atoms with Crippen molar-refractivity contribution in [1.29, 1.82) is 0 Å². The molecule has 0 amide bonds. The van der Waals surface area contributed by atoms with E-state index in [2.05, 4.69) is 72.3 Å². The topological polar surface area (TPSA) is 51.6 Å². The molecule has 0 fully saturated rings. The average molecular weight is 399 g/mol. The second-order valence-corrected chi connectivity index (χ2v) is 8.14. The van der Waals surface area contributed by atoms with Crippen LogP contribution in [0.4, 0.5) is 0 Å². The highest BCUT2D eigenvalue weighted by molar-refractivity contribution is 7.99. The third kappa shape index (κ3) is 4.35. The van der Waals surface area contributed by atoms with Crippen molar-refractivity contribution in [1.82, 2.24) is 19.9 Å². The average Bonchev–Trinajstić information content (AvgIpc) is 2.72. The molecule has 5 heteroatoms. The van der Waals surface area contributed by atoms with Gasteiger partial charge in [-0.3, -0.25) is 0 Å². The lowest BCUT2D eigenvalue weighted by Gasteiger charge is -2.09. The summed E-state index contributed by atoms with van der Waals surface area (Å²) in [5, 5.41) is 1.29. The Kier molecular flexibility index (Phi) is 5.41. The summed E-state index contributed by atoms with van der Waals surface area (Å²) in [6.45, 7) is 8.22. The zero-order chi connectivity index (χ0) is 20.4. The number of hydrogen-bond acceptors (Lipinski definition) is 5. The highest BCUT2D eigenvalue weighted by Crippen LogP contribution is 2.29. The second-order valence-electron chi connectivity index (χ2n) is 7.20. The van der Waals surface area contributed by atoms with Gasteiger partial charge in [0.15, 0.2) is 10.3 Å². The molecule has 29 heavy (non-hydrogen) atoms. The van der Waals surface area contributed by atoms with Crippen LogP contribution in [0.5, 0.6) is 0 Å². The molecular formula is C24H22N4S. The molecule has 0 aliphatic heterocycles. The molecule has 0 aliphatic carbocycles. The lowest BCUT2D eigenvalue weighted by atomic mass is 10.1. The van der Waals surface area contributed by atoms with Gasteiger partial charge in [-0.2, -0.15) is 0 Å². The number of rotatable bonds is 4. The fourth-order valence-corrected chi connectivity index (χ4v) is 3.69. The molecule has 4 rings (SSSR count). The molecule has 0 radical (unpaired) electrons. The van der Waals surface area contributed by atoms with E-state index >= 15 is 0 Å². The minimum absolute atomic E-state index is 0.643. The molecule has 0 bridgehead atoms. The molecule has 2 aromatic heterocycles. The van der Waals surface area contributed by atoms with E-state index in [0.717, 1.165) is 33.6 Å². The number of hydrogen-bond donors (Lipinski definition) is 0. The fraction of sp³-hybridized carbons (Fsp3) is 0.167. The summed E-state index contributed by atoms with van der Waals surface area (Å²) in [6.07, 6.45) is 3.72. The molecule has 0 saturated heterocycles. The molecule has 4 aromatic rings. The largest absolute Gasteiger partial charge is 0.230 e. The quantitative estimate of drug-likeness (QED) is 0.396. The van der Waals surface area contributed by atoms with Crippen molar-refractivity contribution in [2.75, 3.05) is 0 Å². The van der Waals surface area contributed by atoms with Gasteiger partial charge in [0.1, 0.15) is 0 Å². The summed E-state index contributed by atoms with van der Waals surface area (Å²) >= 11 is 1.38. The third-order valence-electron chi connectivity index (χ3n) is 4.73. The second kappa shape index (κ2) is 8.13. The number of benzene rings is 2. The maximum atomic E-state index is 4.78. The Bertz CT molecular complexity index is 1060. The Morgan fingerprint density at radius 3 is 1.31 bits per heavy atom. The first kappa shape index (κ1) is 19.3. The summed E-state index contributed by atoms with van der Waals surface area (Å²) < 4.78 is 0. The van der Waals surface area contributed by atoms with E-state index in [1.807, 2.05) is 26.2 Å². The Balaban J connectivity index is 1.66. The summed E-state index contributed by atoms with van der Waals surface area (Å²) in [7, 11) is 0. The summed E-state index contributed by atoms with van der Waals surface area (Å²) in [5.41, 5.74) is 8.59. The van der Waals surface area contributed by atoms with Crippen LogP contribution in [0, 0.1) is 27.7 Å². The summed E-state index contributed by atoms with van der Waals surface area (Å²) in [4.78, 5) is 18.5. The minimum atomic E-state index is 0.643. The van der Waals surface area contributed by atoms with Gasteiger partial charge < -0.3 is 0 Å². The van der Waals surface area contributed by atoms with Gasteiger partial charge in [0.2, 0.25) is 0 Å². The van der Waals surface area contributed by atoms with Crippen molar-refractivity contribution >= 4 is 11.8 Å². The maximum Gasteiger partial charge on any atom is 0.195 e. The SMILES string of the molecule is Cc1ccc(-c2nc(Sc3ncc(C)c(-c4ccc(C)cc4)n3)ncc2C)cc1. The van der Waals surface area contributed by atoms with E-state index in [4.69, 9.17) is 9.97 Å². The van der Waals surface area contributed by atoms with Gasteiger partial charge >= 0.3 is 0 Å². The van der Waals surface area contributed by atoms with Crippen LogP contribution in [-0.4, -0.2) is 19.9 Å². The predicted octanol–water partition coefficient (Wildman–Crippen LogP) is 5.99. The van der Waals surface area contributed by atoms with Gasteiger partial charge in [-0.15, -0.1) is 0 Å². The summed E-state index contributed by atoms with van der Waals surface area (Å²) in [5.74, 6) is 0. The number of aromatic nitrogens is 4. The molecule has 2 heterocycles. The zero-order valence-electron chi connectivity index (χ0n) is 17.0. The van der Waals surface area contributed by atoms with Crippen LogP contribution in [0.15, 0.2) is 71.2 Å². The smallest absolute Gasteiger partial charge is 0.195 e. The van der Waals surface area contributed by atoms with Crippen LogP contribution in [0.2, 0.25) is 0 Å². The van der Waals surface area contributed by atoms with Crippen LogP contribution in [0.25, 0.3) is 22.5 Å². The van der Waals surface area contributed by atoms with Crippen LogP contribution < -0.4 is 0 Å². The van der Waals surface area contributed by atoms with Crippen molar-refractivity contribution in [2.45, 2.75) is 38.0 Å². The first-order valence-electron chi connectivity index (χ1n) is 9.49. The lowest BCUT2D eigenvalue weighted by molar-refractivity contribution is 0.919. The van der Waals surface area contributed by atoms with Crippen LogP contribution in [-0.2, 0) is 0 Å². The van der Waals surface area contributed by atoms with Crippen molar-refractivity contribution in [2.24, 2.45) is 0 Å². The molecule has 0 saturated carbocycles. The number of aryl methyl sites for hydroxylation is 4. The van der Waals surface area contributed by atoms with Crippen LogP contribution >= 0.6 is 11.8 Å². The Morgan fingerprint density at radius 2 is 0.931 bits per heavy atom. The van der Waals surface area contributed by atoms with Gasteiger partial charge in [0, 0.05) is 23.5 Å². The van der Waals surface area contributed by atoms with Crippen LogP contribution in [0.3, 0.4) is 0 Å². The molecule has 0 aliphatic rings. The molecule has 0 unspecified atom stereocenters. The van der Waals surface area contributed by atoms with Gasteiger partial charge in [-0.1, -0.05) is 59.7 Å². The molecule has 0 N–H and O–H groups in total. The molecule has 4 nitrogen and oxygen atoms in total. The highest BCUT2D eigenvalue weighted by Gasteiger charge is 2.12.